The molecule has 2 fully saturated rings. The summed E-state index contributed by atoms with van der Waals surface area (Å²) in [4.78, 5) is 1.19. The Labute approximate surface area is 138 Å². The molecular formula is C14H21BrN2O2S2. The van der Waals surface area contributed by atoms with E-state index in [4.69, 9.17) is 5.73 Å². The van der Waals surface area contributed by atoms with E-state index < -0.39 is 10.0 Å². The molecule has 7 heteroatoms. The largest absolute Gasteiger partial charge is 0.326 e. The van der Waals surface area contributed by atoms with E-state index in [9.17, 15) is 8.42 Å². The lowest BCUT2D eigenvalue weighted by atomic mass is 9.84. The highest BCUT2D eigenvalue weighted by atomic mass is 79.9. The second-order valence-electron chi connectivity index (χ2n) is 6.30. The highest BCUT2D eigenvalue weighted by molar-refractivity contribution is 9.11. The normalized spacial score (nSPS) is 30.0. The van der Waals surface area contributed by atoms with Crippen LogP contribution in [0.25, 0.3) is 0 Å². The van der Waals surface area contributed by atoms with E-state index >= 15 is 0 Å². The van der Waals surface area contributed by atoms with Crippen LogP contribution in [0.15, 0.2) is 14.7 Å². The molecule has 0 spiro atoms. The molecule has 2 aliphatic rings. The molecule has 4 unspecified atom stereocenters. The Kier molecular flexibility index (Phi) is 4.49. The quantitative estimate of drug-likeness (QED) is 0.808. The zero-order chi connectivity index (χ0) is 15.2. The monoisotopic (exact) mass is 392 g/mol. The highest BCUT2D eigenvalue weighted by Crippen LogP contribution is 2.49. The Bertz CT molecular complexity index is 629. The summed E-state index contributed by atoms with van der Waals surface area (Å²) >= 11 is 4.73. The van der Waals surface area contributed by atoms with Gasteiger partial charge in [-0.3, -0.25) is 0 Å². The lowest BCUT2D eigenvalue weighted by Gasteiger charge is -2.28. The second kappa shape index (κ2) is 5.92. The number of fused-ring (bicyclic) bond motifs is 2. The van der Waals surface area contributed by atoms with Crippen LogP contribution in [-0.4, -0.2) is 14.5 Å². The smallest absolute Gasteiger partial charge is 0.242 e. The van der Waals surface area contributed by atoms with Crippen LogP contribution in [0.3, 0.4) is 0 Å². The first kappa shape index (κ1) is 15.9. The minimum absolute atomic E-state index is 0.00146. The molecule has 3 N–H and O–H groups in total. The fraction of sp³-hybridized carbons (Fsp3) is 0.714. The van der Waals surface area contributed by atoms with Crippen LogP contribution in [0.4, 0.5) is 0 Å². The summed E-state index contributed by atoms with van der Waals surface area (Å²) in [6, 6.07) is 1.67. The second-order valence-corrected chi connectivity index (χ2v) is 10.4. The Morgan fingerprint density at radius 1 is 1.48 bits per heavy atom. The van der Waals surface area contributed by atoms with Gasteiger partial charge in [-0.05, 0) is 65.9 Å². The van der Waals surface area contributed by atoms with Gasteiger partial charge in [0.25, 0.3) is 0 Å². The first-order valence-corrected chi connectivity index (χ1v) is 10.5. The fourth-order valence-corrected chi connectivity index (χ4v) is 7.84. The topological polar surface area (TPSA) is 72.2 Å². The SMILES string of the molecule is CC(NS(=O)(=O)c1cc(CN)sc1Br)C1CC2CCC1C2. The summed E-state index contributed by atoms with van der Waals surface area (Å²) in [5.74, 6) is 2.02. The van der Waals surface area contributed by atoms with Crippen LogP contribution < -0.4 is 10.5 Å². The summed E-state index contributed by atoms with van der Waals surface area (Å²) in [6.45, 7) is 2.37. The molecule has 0 aliphatic heterocycles. The number of nitrogens with two attached hydrogens (primary N) is 1. The maximum absolute atomic E-state index is 12.6. The van der Waals surface area contributed by atoms with Gasteiger partial charge in [0.1, 0.15) is 4.90 Å². The predicted molar refractivity (Wildman–Crippen MR) is 88.6 cm³/mol. The molecule has 3 rings (SSSR count). The Balaban J connectivity index is 1.75. The fourth-order valence-electron chi connectivity index (χ4n) is 3.98. The van der Waals surface area contributed by atoms with Crippen LogP contribution in [0.5, 0.6) is 0 Å². The average Bonchev–Trinajstić information content (AvgIpc) is 3.12. The maximum atomic E-state index is 12.6. The van der Waals surface area contributed by atoms with Crippen molar-refractivity contribution in [2.24, 2.45) is 23.5 Å². The van der Waals surface area contributed by atoms with Gasteiger partial charge >= 0.3 is 0 Å². The Morgan fingerprint density at radius 3 is 2.76 bits per heavy atom. The van der Waals surface area contributed by atoms with Gasteiger partial charge in [0.15, 0.2) is 0 Å². The van der Waals surface area contributed by atoms with Crippen molar-refractivity contribution in [3.8, 4) is 0 Å². The minimum atomic E-state index is -3.48. The molecule has 1 heterocycles. The molecule has 4 atom stereocenters. The molecule has 118 valence electrons. The van der Waals surface area contributed by atoms with E-state index in [-0.39, 0.29) is 6.04 Å². The van der Waals surface area contributed by atoms with Crippen LogP contribution >= 0.6 is 27.3 Å². The standard InChI is InChI=1S/C14H21BrN2O2S2/c1-8(12-5-9-2-3-10(12)4-9)17-21(18,19)13-6-11(7-16)20-14(13)15/h6,8-10,12,17H,2-5,7,16H2,1H3. The van der Waals surface area contributed by atoms with Crippen LogP contribution in [-0.2, 0) is 16.6 Å². The van der Waals surface area contributed by atoms with E-state index in [2.05, 4.69) is 20.7 Å². The van der Waals surface area contributed by atoms with E-state index in [0.29, 0.717) is 27.1 Å². The number of sulfonamides is 1. The van der Waals surface area contributed by atoms with Gasteiger partial charge in [-0.2, -0.15) is 0 Å². The summed E-state index contributed by atoms with van der Waals surface area (Å²) in [7, 11) is -3.48. The number of thiophene rings is 1. The first-order chi connectivity index (χ1) is 9.90. The molecule has 1 aromatic rings. The van der Waals surface area contributed by atoms with Gasteiger partial charge in [0.05, 0.1) is 3.79 Å². The lowest BCUT2D eigenvalue weighted by molar-refractivity contribution is 0.280. The summed E-state index contributed by atoms with van der Waals surface area (Å²) < 4.78 is 28.7. The zero-order valence-electron chi connectivity index (χ0n) is 12.0. The molecule has 4 nitrogen and oxygen atoms in total. The molecular weight excluding hydrogens is 372 g/mol. The molecule has 21 heavy (non-hydrogen) atoms. The third-order valence-electron chi connectivity index (χ3n) is 4.97. The van der Waals surface area contributed by atoms with Crippen molar-refractivity contribution < 1.29 is 8.42 Å². The van der Waals surface area contributed by atoms with Crippen molar-refractivity contribution in [3.05, 3.63) is 14.7 Å². The van der Waals surface area contributed by atoms with Crippen LogP contribution in [0.1, 0.15) is 37.5 Å². The Morgan fingerprint density at radius 2 is 2.24 bits per heavy atom. The van der Waals surface area contributed by atoms with Crippen LogP contribution in [0.2, 0.25) is 0 Å². The minimum Gasteiger partial charge on any atom is -0.326 e. The van der Waals surface area contributed by atoms with Crippen molar-refractivity contribution >= 4 is 37.3 Å². The molecule has 2 saturated carbocycles. The van der Waals surface area contributed by atoms with E-state index in [1.165, 1.54) is 37.0 Å². The van der Waals surface area contributed by atoms with Gasteiger partial charge in [-0.25, -0.2) is 13.1 Å². The van der Waals surface area contributed by atoms with Gasteiger partial charge in [-0.15, -0.1) is 11.3 Å². The molecule has 2 aliphatic carbocycles. The maximum Gasteiger partial charge on any atom is 0.242 e. The van der Waals surface area contributed by atoms with Gasteiger partial charge in [-0.1, -0.05) is 6.42 Å². The molecule has 2 bridgehead atoms. The van der Waals surface area contributed by atoms with Crippen molar-refractivity contribution in [2.45, 2.75) is 50.1 Å². The average molecular weight is 393 g/mol. The highest BCUT2D eigenvalue weighted by Gasteiger charge is 2.42. The number of halogens is 1. The first-order valence-electron chi connectivity index (χ1n) is 7.41. The summed E-state index contributed by atoms with van der Waals surface area (Å²) in [5.41, 5.74) is 5.59. The summed E-state index contributed by atoms with van der Waals surface area (Å²) in [6.07, 6.45) is 5.06. The van der Waals surface area contributed by atoms with Crippen molar-refractivity contribution in [2.75, 3.05) is 0 Å². The lowest BCUT2D eigenvalue weighted by Crippen LogP contribution is -2.40. The third kappa shape index (κ3) is 3.08. The van der Waals surface area contributed by atoms with Crippen LogP contribution in [0, 0.1) is 17.8 Å². The van der Waals surface area contributed by atoms with E-state index in [1.54, 1.807) is 6.07 Å². The third-order valence-corrected chi connectivity index (χ3v) is 8.81. The Hall–Kier alpha value is 0.0500. The number of nitrogens with one attached hydrogen (secondary N) is 1. The van der Waals surface area contributed by atoms with E-state index in [0.717, 1.165) is 10.8 Å². The van der Waals surface area contributed by atoms with Gasteiger partial charge in [0, 0.05) is 17.5 Å². The molecule has 1 aromatic heterocycles. The number of hydrogen-bond acceptors (Lipinski definition) is 4. The zero-order valence-corrected chi connectivity index (χ0v) is 15.2. The van der Waals surface area contributed by atoms with E-state index in [1.807, 2.05) is 6.92 Å². The molecule has 0 saturated heterocycles. The van der Waals surface area contributed by atoms with Crippen molar-refractivity contribution in [3.63, 3.8) is 0 Å². The van der Waals surface area contributed by atoms with Gasteiger partial charge in [0.2, 0.25) is 10.0 Å². The molecule has 0 aromatic carbocycles. The summed E-state index contributed by atoms with van der Waals surface area (Å²) in [5, 5.41) is 0. The van der Waals surface area contributed by atoms with Gasteiger partial charge < -0.3 is 5.73 Å². The predicted octanol–water partition coefficient (Wildman–Crippen LogP) is 3.07. The molecule has 0 radical (unpaired) electrons. The number of rotatable bonds is 5. The molecule has 0 amide bonds. The van der Waals surface area contributed by atoms with Crippen molar-refractivity contribution in [1.29, 1.82) is 0 Å². The number of hydrogen-bond donors (Lipinski definition) is 2. The van der Waals surface area contributed by atoms with Crippen molar-refractivity contribution in [1.82, 2.24) is 4.72 Å².